The lowest BCUT2D eigenvalue weighted by molar-refractivity contribution is 0.0269. The summed E-state index contributed by atoms with van der Waals surface area (Å²) >= 11 is 0. The van der Waals surface area contributed by atoms with Gasteiger partial charge in [-0.25, -0.2) is 4.39 Å². The molecular formula is C16H15F. The number of halogens is 1. The zero-order valence-electron chi connectivity index (χ0n) is 9.64. The summed E-state index contributed by atoms with van der Waals surface area (Å²) in [6.07, 6.45) is 1.58. The molecular weight excluding hydrogens is 211 g/mol. The Morgan fingerprint density at radius 3 is 2.00 bits per heavy atom. The molecule has 1 saturated carbocycles. The Hall–Kier alpha value is -1.63. The molecule has 86 valence electrons. The third kappa shape index (κ3) is 1.66. The summed E-state index contributed by atoms with van der Waals surface area (Å²) in [5.41, 5.74) is 0.771. The number of hydrogen-bond donors (Lipinski definition) is 0. The van der Waals surface area contributed by atoms with E-state index in [0.717, 1.165) is 17.5 Å². The average Bonchev–Trinajstić information content (AvgIpc) is 2.39. The van der Waals surface area contributed by atoms with Gasteiger partial charge in [0.25, 0.3) is 0 Å². The van der Waals surface area contributed by atoms with E-state index in [1.807, 2.05) is 60.7 Å². The third-order valence-corrected chi connectivity index (χ3v) is 3.80. The normalized spacial score (nSPS) is 27.5. The van der Waals surface area contributed by atoms with Crippen molar-refractivity contribution >= 4 is 0 Å². The molecule has 1 fully saturated rings. The van der Waals surface area contributed by atoms with E-state index >= 15 is 0 Å². The van der Waals surface area contributed by atoms with Crippen molar-refractivity contribution in [2.24, 2.45) is 0 Å². The third-order valence-electron chi connectivity index (χ3n) is 3.80. The van der Waals surface area contributed by atoms with Crippen LogP contribution in [0, 0.1) is 0 Å². The first kappa shape index (κ1) is 10.5. The second-order valence-corrected chi connectivity index (χ2v) is 4.73. The number of rotatable bonds is 2. The van der Waals surface area contributed by atoms with E-state index in [-0.39, 0.29) is 5.92 Å². The van der Waals surface area contributed by atoms with Crippen LogP contribution in [0.2, 0.25) is 0 Å². The molecule has 1 aliphatic rings. The van der Waals surface area contributed by atoms with Gasteiger partial charge in [-0.2, -0.15) is 0 Å². The monoisotopic (exact) mass is 226 g/mol. The van der Waals surface area contributed by atoms with Gasteiger partial charge < -0.3 is 0 Å². The molecule has 2 aromatic carbocycles. The van der Waals surface area contributed by atoms with Crippen LogP contribution in [-0.4, -0.2) is 0 Å². The molecule has 0 saturated heterocycles. The molecule has 1 aliphatic carbocycles. The summed E-state index contributed by atoms with van der Waals surface area (Å²) in [7, 11) is 0. The zero-order chi connectivity index (χ0) is 11.7. The van der Waals surface area contributed by atoms with Crippen LogP contribution < -0.4 is 0 Å². The minimum Gasteiger partial charge on any atom is -0.238 e. The van der Waals surface area contributed by atoms with Crippen LogP contribution in [0.5, 0.6) is 0 Å². The van der Waals surface area contributed by atoms with Crippen molar-refractivity contribution in [2.75, 3.05) is 0 Å². The molecule has 1 heteroatoms. The fourth-order valence-corrected chi connectivity index (χ4v) is 2.72. The predicted molar refractivity (Wildman–Crippen MR) is 67.6 cm³/mol. The van der Waals surface area contributed by atoms with Gasteiger partial charge in [0.1, 0.15) is 5.67 Å². The highest BCUT2D eigenvalue weighted by atomic mass is 19.1. The highest BCUT2D eigenvalue weighted by molar-refractivity contribution is 5.34. The summed E-state index contributed by atoms with van der Waals surface area (Å²) in [6.45, 7) is 0. The summed E-state index contributed by atoms with van der Waals surface area (Å²) in [6, 6.07) is 19.6. The average molecular weight is 226 g/mol. The minimum absolute atomic E-state index is 0.0195. The van der Waals surface area contributed by atoms with Gasteiger partial charge in [0, 0.05) is 5.92 Å². The first-order valence-electron chi connectivity index (χ1n) is 6.10. The van der Waals surface area contributed by atoms with E-state index in [1.165, 1.54) is 0 Å². The molecule has 0 amide bonds. The summed E-state index contributed by atoms with van der Waals surface area (Å²) in [4.78, 5) is 0. The van der Waals surface area contributed by atoms with Crippen LogP contribution in [0.4, 0.5) is 4.39 Å². The Kier molecular flexibility index (Phi) is 2.47. The maximum absolute atomic E-state index is 15.0. The van der Waals surface area contributed by atoms with Crippen LogP contribution in [0.1, 0.15) is 29.9 Å². The molecule has 0 heterocycles. The molecule has 0 radical (unpaired) electrons. The predicted octanol–water partition coefficient (Wildman–Crippen LogP) is 4.43. The number of benzene rings is 2. The van der Waals surface area contributed by atoms with Crippen molar-refractivity contribution in [3.63, 3.8) is 0 Å². The largest absolute Gasteiger partial charge is 0.238 e. The number of hydrogen-bond acceptors (Lipinski definition) is 0. The summed E-state index contributed by atoms with van der Waals surface area (Å²) in [5, 5.41) is 0. The van der Waals surface area contributed by atoms with E-state index in [0.29, 0.717) is 6.42 Å². The van der Waals surface area contributed by atoms with E-state index < -0.39 is 5.67 Å². The van der Waals surface area contributed by atoms with Crippen molar-refractivity contribution in [2.45, 2.75) is 24.4 Å². The molecule has 0 unspecified atom stereocenters. The highest BCUT2D eigenvalue weighted by Crippen LogP contribution is 2.55. The van der Waals surface area contributed by atoms with Gasteiger partial charge in [0.05, 0.1) is 0 Å². The van der Waals surface area contributed by atoms with Crippen molar-refractivity contribution in [1.29, 1.82) is 0 Å². The van der Waals surface area contributed by atoms with Gasteiger partial charge in [0.2, 0.25) is 0 Å². The molecule has 3 rings (SSSR count). The lowest BCUT2D eigenvalue weighted by atomic mass is 9.64. The van der Waals surface area contributed by atoms with Crippen LogP contribution in [0.15, 0.2) is 60.7 Å². The Labute approximate surface area is 101 Å². The fraction of sp³-hybridized carbons (Fsp3) is 0.250. The van der Waals surface area contributed by atoms with E-state index in [4.69, 9.17) is 0 Å². The molecule has 0 N–H and O–H groups in total. The molecule has 0 aliphatic heterocycles. The van der Waals surface area contributed by atoms with Gasteiger partial charge in [-0.05, 0) is 24.0 Å². The van der Waals surface area contributed by atoms with Crippen LogP contribution in [0.3, 0.4) is 0 Å². The topological polar surface area (TPSA) is 0 Å². The van der Waals surface area contributed by atoms with Crippen molar-refractivity contribution in [3.8, 4) is 0 Å². The molecule has 0 spiro atoms. The smallest absolute Gasteiger partial charge is 0.142 e. The summed E-state index contributed by atoms with van der Waals surface area (Å²) < 4.78 is 15.0. The zero-order valence-corrected chi connectivity index (χ0v) is 9.64. The van der Waals surface area contributed by atoms with Gasteiger partial charge in [-0.1, -0.05) is 60.7 Å². The maximum atomic E-state index is 15.0. The van der Waals surface area contributed by atoms with Crippen LogP contribution >= 0.6 is 0 Å². The Balaban J connectivity index is 1.95. The quantitative estimate of drug-likeness (QED) is 0.710. The van der Waals surface area contributed by atoms with E-state index in [1.54, 1.807) is 0 Å². The van der Waals surface area contributed by atoms with E-state index in [9.17, 15) is 4.39 Å². The molecule has 17 heavy (non-hydrogen) atoms. The van der Waals surface area contributed by atoms with Crippen LogP contribution in [-0.2, 0) is 5.67 Å². The van der Waals surface area contributed by atoms with Crippen molar-refractivity contribution in [1.82, 2.24) is 0 Å². The Morgan fingerprint density at radius 2 is 1.47 bits per heavy atom. The molecule has 2 atom stereocenters. The molecule has 0 nitrogen and oxygen atoms in total. The first-order valence-corrected chi connectivity index (χ1v) is 6.10. The van der Waals surface area contributed by atoms with Gasteiger partial charge in [-0.3, -0.25) is 0 Å². The minimum atomic E-state index is -1.16. The molecule has 0 aromatic heterocycles. The number of alkyl halides is 1. The Morgan fingerprint density at radius 1 is 0.882 bits per heavy atom. The van der Waals surface area contributed by atoms with Crippen molar-refractivity contribution < 1.29 is 4.39 Å². The maximum Gasteiger partial charge on any atom is 0.142 e. The second-order valence-electron chi connectivity index (χ2n) is 4.73. The Bertz CT molecular complexity index is 491. The van der Waals surface area contributed by atoms with Gasteiger partial charge >= 0.3 is 0 Å². The SMILES string of the molecule is F[C@@]1(c2ccccc2)CC[C@@H]1c1ccccc1. The lowest BCUT2D eigenvalue weighted by Gasteiger charge is -2.44. The standard InChI is InChI=1S/C16H15F/c17-16(14-9-5-2-6-10-14)12-11-15(16)13-7-3-1-4-8-13/h1-10,15H,11-12H2/t15-,16-/m1/s1. The lowest BCUT2D eigenvalue weighted by Crippen LogP contribution is -2.38. The van der Waals surface area contributed by atoms with Crippen molar-refractivity contribution in [3.05, 3.63) is 71.8 Å². The molecule has 2 aromatic rings. The summed E-state index contributed by atoms with van der Waals surface area (Å²) in [5.74, 6) is 0.0195. The van der Waals surface area contributed by atoms with Gasteiger partial charge in [0.15, 0.2) is 0 Å². The van der Waals surface area contributed by atoms with E-state index in [2.05, 4.69) is 0 Å². The highest BCUT2D eigenvalue weighted by Gasteiger charge is 2.49. The fourth-order valence-electron chi connectivity index (χ4n) is 2.72. The first-order chi connectivity index (χ1) is 8.31. The van der Waals surface area contributed by atoms with Gasteiger partial charge in [-0.15, -0.1) is 0 Å². The second kappa shape index (κ2) is 3.99. The molecule has 0 bridgehead atoms. The van der Waals surface area contributed by atoms with Crippen LogP contribution in [0.25, 0.3) is 0 Å².